The van der Waals surface area contributed by atoms with E-state index in [2.05, 4.69) is 30.9 Å². The maximum Gasteiger partial charge on any atom is 0.0642 e. The van der Waals surface area contributed by atoms with Gasteiger partial charge in [0.15, 0.2) is 0 Å². The van der Waals surface area contributed by atoms with Gasteiger partial charge in [0.1, 0.15) is 0 Å². The van der Waals surface area contributed by atoms with Crippen LogP contribution < -0.4 is 10.6 Å². The fraction of sp³-hybridized carbons (Fsp3) is 0.571. The minimum absolute atomic E-state index is 0.670. The zero-order chi connectivity index (χ0) is 12.7. The number of anilines is 1. The molecular weight excluding hydrogens is 232 g/mol. The Balaban J connectivity index is 2.81. The summed E-state index contributed by atoms with van der Waals surface area (Å²) in [6, 6.07) is 6.29. The highest BCUT2D eigenvalue weighted by atomic mass is 35.5. The summed E-state index contributed by atoms with van der Waals surface area (Å²) in [5, 5.41) is 0.842. The molecule has 1 aromatic rings. The van der Waals surface area contributed by atoms with E-state index in [0.29, 0.717) is 6.54 Å². The van der Waals surface area contributed by atoms with Crippen molar-refractivity contribution < 1.29 is 0 Å². The third-order valence-corrected chi connectivity index (χ3v) is 3.25. The van der Waals surface area contributed by atoms with Crippen LogP contribution in [0.15, 0.2) is 18.2 Å². The Morgan fingerprint density at radius 2 is 2.06 bits per heavy atom. The maximum atomic E-state index is 6.34. The summed E-state index contributed by atoms with van der Waals surface area (Å²) in [4.78, 5) is 2.33. The SMILES string of the molecule is CCCCN(CC)c1ccc(CCN)cc1Cl. The average molecular weight is 255 g/mol. The maximum absolute atomic E-state index is 6.34. The lowest BCUT2D eigenvalue weighted by Crippen LogP contribution is -2.24. The summed E-state index contributed by atoms with van der Waals surface area (Å²) in [6.45, 7) is 7.11. The molecule has 0 aliphatic carbocycles. The van der Waals surface area contributed by atoms with Crippen molar-refractivity contribution in [1.29, 1.82) is 0 Å². The van der Waals surface area contributed by atoms with Gasteiger partial charge in [-0.15, -0.1) is 0 Å². The quantitative estimate of drug-likeness (QED) is 0.807. The van der Waals surface area contributed by atoms with Gasteiger partial charge in [0.25, 0.3) is 0 Å². The summed E-state index contributed by atoms with van der Waals surface area (Å²) in [5.74, 6) is 0. The topological polar surface area (TPSA) is 29.3 Å². The number of hydrogen-bond donors (Lipinski definition) is 1. The first-order valence-electron chi connectivity index (χ1n) is 6.46. The average Bonchev–Trinajstić information content (AvgIpc) is 2.32. The van der Waals surface area contributed by atoms with Crippen LogP contribution >= 0.6 is 11.6 Å². The molecule has 1 rings (SSSR count). The molecule has 0 saturated heterocycles. The smallest absolute Gasteiger partial charge is 0.0642 e. The number of rotatable bonds is 7. The second-order valence-corrected chi connectivity index (χ2v) is 4.66. The summed E-state index contributed by atoms with van der Waals surface area (Å²) in [6.07, 6.45) is 3.30. The Kier molecular flexibility index (Phi) is 6.38. The Morgan fingerprint density at radius 1 is 1.29 bits per heavy atom. The van der Waals surface area contributed by atoms with E-state index in [1.807, 2.05) is 6.07 Å². The van der Waals surface area contributed by atoms with Gasteiger partial charge < -0.3 is 10.6 Å². The molecule has 0 atom stereocenters. The van der Waals surface area contributed by atoms with E-state index in [9.17, 15) is 0 Å². The zero-order valence-electron chi connectivity index (χ0n) is 10.9. The molecule has 0 radical (unpaired) electrons. The predicted molar refractivity (Wildman–Crippen MR) is 77.0 cm³/mol. The monoisotopic (exact) mass is 254 g/mol. The van der Waals surface area contributed by atoms with Gasteiger partial charge in [-0.25, -0.2) is 0 Å². The highest BCUT2D eigenvalue weighted by Gasteiger charge is 2.08. The number of nitrogens with two attached hydrogens (primary N) is 1. The van der Waals surface area contributed by atoms with Crippen molar-refractivity contribution in [2.75, 3.05) is 24.5 Å². The van der Waals surface area contributed by atoms with E-state index in [-0.39, 0.29) is 0 Å². The molecule has 0 amide bonds. The van der Waals surface area contributed by atoms with E-state index in [0.717, 1.165) is 30.2 Å². The number of unbranched alkanes of at least 4 members (excludes halogenated alkanes) is 1. The number of hydrogen-bond acceptors (Lipinski definition) is 2. The van der Waals surface area contributed by atoms with Crippen molar-refractivity contribution in [3.05, 3.63) is 28.8 Å². The number of halogens is 1. The molecule has 0 aliphatic rings. The first-order chi connectivity index (χ1) is 8.22. The molecule has 0 aliphatic heterocycles. The largest absolute Gasteiger partial charge is 0.371 e. The first kappa shape index (κ1) is 14.3. The lowest BCUT2D eigenvalue weighted by Gasteiger charge is -2.24. The number of benzene rings is 1. The molecular formula is C14H23ClN2. The van der Waals surface area contributed by atoms with Gasteiger partial charge in [0.05, 0.1) is 10.7 Å². The van der Waals surface area contributed by atoms with Crippen molar-refractivity contribution >= 4 is 17.3 Å². The highest BCUT2D eigenvalue weighted by Crippen LogP contribution is 2.27. The van der Waals surface area contributed by atoms with Crippen molar-refractivity contribution in [2.45, 2.75) is 33.1 Å². The molecule has 0 aromatic heterocycles. The summed E-state index contributed by atoms with van der Waals surface area (Å²) < 4.78 is 0. The molecule has 0 saturated carbocycles. The van der Waals surface area contributed by atoms with E-state index < -0.39 is 0 Å². The molecule has 0 fully saturated rings. The lowest BCUT2D eigenvalue weighted by atomic mass is 10.1. The minimum Gasteiger partial charge on any atom is -0.371 e. The van der Waals surface area contributed by atoms with E-state index in [1.165, 1.54) is 18.4 Å². The fourth-order valence-corrected chi connectivity index (χ4v) is 2.25. The Morgan fingerprint density at radius 3 is 2.59 bits per heavy atom. The summed E-state index contributed by atoms with van der Waals surface area (Å²) in [5.41, 5.74) is 7.90. The third kappa shape index (κ3) is 4.21. The Hall–Kier alpha value is -0.730. The fourth-order valence-electron chi connectivity index (χ4n) is 1.93. The van der Waals surface area contributed by atoms with Gasteiger partial charge in [-0.2, -0.15) is 0 Å². The summed E-state index contributed by atoms with van der Waals surface area (Å²) in [7, 11) is 0. The molecule has 17 heavy (non-hydrogen) atoms. The Bertz CT molecular complexity index is 339. The molecule has 0 spiro atoms. The zero-order valence-corrected chi connectivity index (χ0v) is 11.6. The molecule has 0 unspecified atom stereocenters. The normalized spacial score (nSPS) is 10.6. The Labute approximate surface area is 110 Å². The van der Waals surface area contributed by atoms with Gasteiger partial charge in [-0.05, 0) is 44.0 Å². The van der Waals surface area contributed by atoms with Gasteiger partial charge >= 0.3 is 0 Å². The van der Waals surface area contributed by atoms with E-state index in [1.54, 1.807) is 0 Å². The van der Waals surface area contributed by atoms with Crippen molar-refractivity contribution in [1.82, 2.24) is 0 Å². The van der Waals surface area contributed by atoms with Crippen LogP contribution in [0, 0.1) is 0 Å². The molecule has 2 nitrogen and oxygen atoms in total. The van der Waals surface area contributed by atoms with Gasteiger partial charge in [0.2, 0.25) is 0 Å². The van der Waals surface area contributed by atoms with E-state index >= 15 is 0 Å². The second-order valence-electron chi connectivity index (χ2n) is 4.26. The summed E-state index contributed by atoms with van der Waals surface area (Å²) >= 11 is 6.34. The molecule has 96 valence electrons. The van der Waals surface area contributed by atoms with Crippen molar-refractivity contribution in [3.63, 3.8) is 0 Å². The molecule has 2 N–H and O–H groups in total. The molecule has 3 heteroatoms. The van der Waals surface area contributed by atoms with Crippen LogP contribution in [-0.4, -0.2) is 19.6 Å². The highest BCUT2D eigenvalue weighted by molar-refractivity contribution is 6.33. The second kappa shape index (κ2) is 7.57. The van der Waals surface area contributed by atoms with Crippen LogP contribution in [0.2, 0.25) is 5.02 Å². The van der Waals surface area contributed by atoms with Gasteiger partial charge in [-0.1, -0.05) is 31.0 Å². The third-order valence-electron chi connectivity index (χ3n) is 2.95. The molecule has 0 heterocycles. The van der Waals surface area contributed by atoms with Crippen LogP contribution in [0.4, 0.5) is 5.69 Å². The predicted octanol–water partition coefficient (Wildman–Crippen LogP) is 3.47. The minimum atomic E-state index is 0.670. The first-order valence-corrected chi connectivity index (χ1v) is 6.84. The van der Waals surface area contributed by atoms with Crippen LogP contribution in [-0.2, 0) is 6.42 Å². The van der Waals surface area contributed by atoms with Crippen LogP contribution in [0.25, 0.3) is 0 Å². The van der Waals surface area contributed by atoms with Gasteiger partial charge in [-0.3, -0.25) is 0 Å². The van der Waals surface area contributed by atoms with Crippen molar-refractivity contribution in [2.24, 2.45) is 5.73 Å². The van der Waals surface area contributed by atoms with Gasteiger partial charge in [0, 0.05) is 13.1 Å². The molecule has 1 aromatic carbocycles. The van der Waals surface area contributed by atoms with Crippen LogP contribution in [0.1, 0.15) is 32.3 Å². The van der Waals surface area contributed by atoms with E-state index in [4.69, 9.17) is 17.3 Å². The van der Waals surface area contributed by atoms with Crippen LogP contribution in [0.5, 0.6) is 0 Å². The number of nitrogens with zero attached hydrogens (tertiary/aromatic N) is 1. The standard InChI is InChI=1S/C14H23ClN2/c1-3-5-10-17(4-2)14-7-6-12(8-9-16)11-13(14)15/h6-7,11H,3-5,8-10,16H2,1-2H3. The lowest BCUT2D eigenvalue weighted by molar-refractivity contribution is 0.732. The van der Waals surface area contributed by atoms with Crippen LogP contribution in [0.3, 0.4) is 0 Å². The molecule has 0 bridgehead atoms. The van der Waals surface area contributed by atoms with Crippen molar-refractivity contribution in [3.8, 4) is 0 Å².